The Morgan fingerprint density at radius 1 is 1.22 bits per heavy atom. The molecule has 2 saturated carbocycles. The Labute approximate surface area is 185 Å². The predicted octanol–water partition coefficient (Wildman–Crippen LogP) is 3.89. The fraction of sp³-hybridized carbons (Fsp3) is 0.458. The fourth-order valence-electron chi connectivity index (χ4n) is 4.39. The summed E-state index contributed by atoms with van der Waals surface area (Å²) in [4.78, 5) is 25.1. The van der Waals surface area contributed by atoms with Gasteiger partial charge in [0.15, 0.2) is 0 Å². The molecule has 3 N–H and O–H groups in total. The molecule has 2 aliphatic carbocycles. The van der Waals surface area contributed by atoms with Crippen LogP contribution >= 0.6 is 0 Å². The van der Waals surface area contributed by atoms with Crippen molar-refractivity contribution in [3.8, 4) is 17.0 Å². The molecular weight excluding hydrogens is 411 g/mol. The van der Waals surface area contributed by atoms with Gasteiger partial charge in [0.25, 0.3) is 5.91 Å². The van der Waals surface area contributed by atoms with E-state index < -0.39 is 0 Å². The van der Waals surface area contributed by atoms with Crippen LogP contribution < -0.4 is 10.1 Å². The van der Waals surface area contributed by atoms with Crippen LogP contribution in [0.1, 0.15) is 54.6 Å². The molecule has 5 rings (SSSR count). The number of fused-ring (bicyclic) bond motifs is 1. The first-order chi connectivity index (χ1) is 15.5. The summed E-state index contributed by atoms with van der Waals surface area (Å²) in [6.45, 7) is 2.42. The quantitative estimate of drug-likeness (QED) is 0.542. The second-order valence-corrected chi connectivity index (χ2v) is 8.94. The number of carbonyl (C=O) groups excluding carboxylic acids is 1. The molecule has 32 heavy (non-hydrogen) atoms. The number of aryl methyl sites for hydroxylation is 1. The van der Waals surface area contributed by atoms with Crippen LogP contribution in [0.2, 0.25) is 0 Å². The molecule has 2 fully saturated rings. The summed E-state index contributed by atoms with van der Waals surface area (Å²) >= 11 is 0. The number of hydrogen-bond donors (Lipinski definition) is 3. The van der Waals surface area contributed by atoms with E-state index in [4.69, 9.17) is 4.74 Å². The zero-order valence-corrected chi connectivity index (χ0v) is 18.0. The van der Waals surface area contributed by atoms with E-state index in [1.54, 1.807) is 6.07 Å². The maximum Gasteiger partial charge on any atom is 0.255 e. The third kappa shape index (κ3) is 4.19. The number of rotatable bonds is 6. The number of aliphatic hydroxyl groups excluding tert-OH is 1. The van der Waals surface area contributed by atoms with Crippen molar-refractivity contribution in [3.05, 3.63) is 41.6 Å². The molecule has 0 radical (unpaired) electrons. The molecular formula is C24H27FN4O3. The summed E-state index contributed by atoms with van der Waals surface area (Å²) in [6, 6.07) is 4.45. The second-order valence-electron chi connectivity index (χ2n) is 8.94. The lowest BCUT2D eigenvalue weighted by Gasteiger charge is -2.26. The molecule has 3 aromatic rings. The highest BCUT2D eigenvalue weighted by molar-refractivity contribution is 6.09. The van der Waals surface area contributed by atoms with Gasteiger partial charge in [0.05, 0.1) is 23.8 Å². The minimum Gasteiger partial charge on any atom is -0.493 e. The molecule has 2 heterocycles. The van der Waals surface area contributed by atoms with Gasteiger partial charge in [0.2, 0.25) is 0 Å². The molecule has 0 bridgehead atoms. The van der Waals surface area contributed by atoms with Gasteiger partial charge >= 0.3 is 0 Å². The number of nitrogens with zero attached hydrogens (tertiary/aromatic N) is 2. The van der Waals surface area contributed by atoms with E-state index in [0.29, 0.717) is 64.7 Å². The maximum atomic E-state index is 14.2. The van der Waals surface area contributed by atoms with E-state index in [1.807, 2.05) is 6.92 Å². The summed E-state index contributed by atoms with van der Waals surface area (Å²) < 4.78 is 20.1. The van der Waals surface area contributed by atoms with Crippen LogP contribution in [0.25, 0.3) is 22.3 Å². The molecule has 0 spiro atoms. The van der Waals surface area contributed by atoms with Crippen molar-refractivity contribution in [2.75, 3.05) is 6.61 Å². The van der Waals surface area contributed by atoms with Crippen molar-refractivity contribution in [1.82, 2.24) is 20.3 Å². The van der Waals surface area contributed by atoms with Crippen LogP contribution in [-0.2, 0) is 0 Å². The van der Waals surface area contributed by atoms with Crippen molar-refractivity contribution < 1.29 is 19.0 Å². The Hall–Kier alpha value is -3.00. The zero-order chi connectivity index (χ0) is 22.2. The lowest BCUT2D eigenvalue weighted by atomic mass is 9.93. The average Bonchev–Trinajstić information content (AvgIpc) is 3.54. The van der Waals surface area contributed by atoms with Crippen molar-refractivity contribution in [1.29, 1.82) is 0 Å². The van der Waals surface area contributed by atoms with E-state index >= 15 is 0 Å². The number of aliphatic hydroxyl groups is 1. The van der Waals surface area contributed by atoms with E-state index in [1.165, 1.54) is 18.5 Å². The normalized spacial score (nSPS) is 21.0. The first-order valence-corrected chi connectivity index (χ1v) is 11.2. The third-order valence-corrected chi connectivity index (χ3v) is 6.40. The average molecular weight is 439 g/mol. The van der Waals surface area contributed by atoms with Crippen molar-refractivity contribution in [2.45, 2.75) is 57.6 Å². The number of carbonyl (C=O) groups is 1. The molecule has 0 unspecified atom stereocenters. The van der Waals surface area contributed by atoms with Crippen LogP contribution in [0.3, 0.4) is 0 Å². The highest BCUT2D eigenvalue weighted by Gasteiger charge is 2.26. The highest BCUT2D eigenvalue weighted by atomic mass is 19.1. The fourth-order valence-corrected chi connectivity index (χ4v) is 4.39. The summed E-state index contributed by atoms with van der Waals surface area (Å²) in [6.07, 6.45) is 6.30. The molecule has 1 amide bonds. The number of ether oxygens (including phenoxy) is 1. The number of H-pyrrole nitrogens is 1. The number of halogens is 1. The molecule has 1 aromatic carbocycles. The van der Waals surface area contributed by atoms with Gasteiger partial charge in [-0.25, -0.2) is 14.4 Å². The first kappa shape index (κ1) is 20.9. The van der Waals surface area contributed by atoms with Crippen molar-refractivity contribution in [3.63, 3.8) is 0 Å². The van der Waals surface area contributed by atoms with Gasteiger partial charge in [0, 0.05) is 17.3 Å². The Kier molecular flexibility index (Phi) is 5.55. The van der Waals surface area contributed by atoms with Crippen LogP contribution in [0.4, 0.5) is 4.39 Å². The molecule has 0 aliphatic heterocycles. The molecule has 8 heteroatoms. The predicted molar refractivity (Wildman–Crippen MR) is 118 cm³/mol. The van der Waals surface area contributed by atoms with E-state index in [2.05, 4.69) is 20.3 Å². The first-order valence-electron chi connectivity index (χ1n) is 11.2. The smallest absolute Gasteiger partial charge is 0.255 e. The Morgan fingerprint density at radius 3 is 2.75 bits per heavy atom. The lowest BCUT2D eigenvalue weighted by molar-refractivity contribution is 0.0868. The van der Waals surface area contributed by atoms with Gasteiger partial charge in [-0.05, 0) is 69.6 Å². The van der Waals surface area contributed by atoms with Crippen LogP contribution in [0, 0.1) is 18.7 Å². The second kappa shape index (κ2) is 8.50. The number of nitrogens with one attached hydrogen (secondary N) is 2. The van der Waals surface area contributed by atoms with Crippen LogP contribution in [-0.4, -0.2) is 44.7 Å². The van der Waals surface area contributed by atoms with Gasteiger partial charge < -0.3 is 20.1 Å². The Bertz CT molecular complexity index is 1150. The Morgan fingerprint density at radius 2 is 2.00 bits per heavy atom. The summed E-state index contributed by atoms with van der Waals surface area (Å²) in [7, 11) is 0. The molecule has 0 saturated heterocycles. The minimum absolute atomic E-state index is 0.0298. The number of benzene rings is 1. The van der Waals surface area contributed by atoms with Gasteiger partial charge in [-0.1, -0.05) is 0 Å². The molecule has 2 aliphatic rings. The summed E-state index contributed by atoms with van der Waals surface area (Å²) in [5.74, 6) is 0.537. The van der Waals surface area contributed by atoms with Crippen LogP contribution in [0.5, 0.6) is 5.75 Å². The maximum absolute atomic E-state index is 14.2. The molecule has 0 atom stereocenters. The van der Waals surface area contributed by atoms with Gasteiger partial charge in [-0.2, -0.15) is 0 Å². The van der Waals surface area contributed by atoms with Gasteiger partial charge in [-0.3, -0.25) is 4.79 Å². The summed E-state index contributed by atoms with van der Waals surface area (Å²) in [5, 5.41) is 12.8. The number of aromatic nitrogens is 3. The largest absolute Gasteiger partial charge is 0.493 e. The standard InChI is InChI=1S/C24H27FN4O3/c1-13-20(24(31)29-16-5-7-17(30)8-6-16)22-23(28-13)21(26-12-27-22)18-10-15(25)4-9-19(18)32-11-14-2-3-14/h4,9-10,12,14,16-17,28,30H,2-3,5-8,11H2,1H3,(H,29,31)/t16-,17+. The van der Waals surface area contributed by atoms with E-state index in [9.17, 15) is 14.3 Å². The number of aromatic amines is 1. The lowest BCUT2D eigenvalue weighted by Crippen LogP contribution is -2.38. The van der Waals surface area contributed by atoms with Gasteiger partial charge in [0.1, 0.15) is 29.1 Å². The molecule has 2 aromatic heterocycles. The van der Waals surface area contributed by atoms with Crippen LogP contribution in [0.15, 0.2) is 24.5 Å². The third-order valence-electron chi connectivity index (χ3n) is 6.40. The molecule has 168 valence electrons. The van der Waals surface area contributed by atoms with Crippen molar-refractivity contribution >= 4 is 16.9 Å². The van der Waals surface area contributed by atoms with Gasteiger partial charge in [-0.15, -0.1) is 0 Å². The topological polar surface area (TPSA) is 100 Å². The molecule has 7 nitrogen and oxygen atoms in total. The summed E-state index contributed by atoms with van der Waals surface area (Å²) in [5.41, 5.74) is 3.25. The minimum atomic E-state index is -0.383. The zero-order valence-electron chi connectivity index (χ0n) is 18.0. The monoisotopic (exact) mass is 438 g/mol. The van der Waals surface area contributed by atoms with E-state index in [0.717, 1.165) is 25.7 Å². The highest BCUT2D eigenvalue weighted by Crippen LogP contribution is 2.36. The van der Waals surface area contributed by atoms with Crippen molar-refractivity contribution in [2.24, 2.45) is 5.92 Å². The SMILES string of the molecule is Cc1[nH]c2c(-c3cc(F)ccc3OCC3CC3)ncnc2c1C(=O)N[C@H]1CC[C@@H](O)CC1. The number of amides is 1. The Balaban J connectivity index is 1.49. The number of hydrogen-bond acceptors (Lipinski definition) is 5. The van der Waals surface area contributed by atoms with E-state index in [-0.39, 0.29) is 23.9 Å².